The third-order valence-corrected chi connectivity index (χ3v) is 11.3. The van der Waals surface area contributed by atoms with Gasteiger partial charge in [0.2, 0.25) is 0 Å². The standard InChI is InChI=1S/C45H34N4S/c1-3-12-30(13-4-1)29-48-45(46-44(47-48)31-14-5-2-6-15-31)32-22-25-34(26-23-32)49-40-20-9-7-16-36(40)37-27-24-33(28-41(37)49)35-18-11-19-39-38-17-8-10-21-42(38)50-43(35)39/h1-28,44-47H,29H2. The number of hydrazine groups is 1. The van der Waals surface area contributed by atoms with Crippen LogP contribution in [0.15, 0.2) is 170 Å². The van der Waals surface area contributed by atoms with Crippen LogP contribution in [0.3, 0.4) is 0 Å². The molecule has 9 aromatic rings. The minimum Gasteiger partial charge on any atom is -0.309 e. The Morgan fingerprint density at radius 2 is 1.24 bits per heavy atom. The predicted molar refractivity (Wildman–Crippen MR) is 209 cm³/mol. The summed E-state index contributed by atoms with van der Waals surface area (Å²) in [5.74, 6) is 0. The van der Waals surface area contributed by atoms with E-state index in [1.165, 1.54) is 69.8 Å². The van der Waals surface area contributed by atoms with Gasteiger partial charge in [-0.1, -0.05) is 140 Å². The maximum absolute atomic E-state index is 3.87. The molecule has 10 rings (SSSR count). The van der Waals surface area contributed by atoms with Crippen molar-refractivity contribution in [2.75, 3.05) is 0 Å². The van der Waals surface area contributed by atoms with E-state index in [9.17, 15) is 0 Å². The zero-order chi connectivity index (χ0) is 33.0. The first-order valence-electron chi connectivity index (χ1n) is 17.2. The number of benzene rings is 7. The molecular formula is C45H34N4S. The summed E-state index contributed by atoms with van der Waals surface area (Å²) in [5, 5.41) is 11.4. The van der Waals surface area contributed by atoms with Gasteiger partial charge in [-0.3, -0.25) is 5.32 Å². The van der Waals surface area contributed by atoms with Gasteiger partial charge in [0.05, 0.1) is 17.2 Å². The second kappa shape index (κ2) is 12.1. The van der Waals surface area contributed by atoms with Crippen LogP contribution in [0.4, 0.5) is 0 Å². The number of fused-ring (bicyclic) bond motifs is 6. The van der Waals surface area contributed by atoms with E-state index >= 15 is 0 Å². The zero-order valence-electron chi connectivity index (χ0n) is 27.3. The molecule has 240 valence electrons. The Bertz CT molecular complexity index is 2640. The molecule has 2 aromatic heterocycles. The highest BCUT2D eigenvalue weighted by Gasteiger charge is 2.33. The van der Waals surface area contributed by atoms with Crippen LogP contribution in [0, 0.1) is 0 Å². The highest BCUT2D eigenvalue weighted by molar-refractivity contribution is 7.26. The van der Waals surface area contributed by atoms with Crippen molar-refractivity contribution >= 4 is 53.3 Å². The number of para-hydroxylation sites is 1. The van der Waals surface area contributed by atoms with Crippen molar-refractivity contribution in [3.05, 3.63) is 187 Å². The second-order valence-corrected chi connectivity index (χ2v) is 14.2. The molecule has 0 amide bonds. The second-order valence-electron chi connectivity index (χ2n) is 13.1. The van der Waals surface area contributed by atoms with E-state index in [4.69, 9.17) is 0 Å². The maximum Gasteiger partial charge on any atom is 0.101 e. The van der Waals surface area contributed by atoms with Gasteiger partial charge in [-0.05, 0) is 58.1 Å². The van der Waals surface area contributed by atoms with Crippen LogP contribution in [0.1, 0.15) is 29.0 Å². The third-order valence-electron chi connectivity index (χ3n) is 10.1. The fraction of sp³-hybridized carbons (Fsp3) is 0.0667. The Morgan fingerprint density at radius 1 is 0.540 bits per heavy atom. The normalized spacial score (nSPS) is 16.6. The number of nitrogens with one attached hydrogen (secondary N) is 2. The number of rotatable bonds is 6. The molecule has 5 heteroatoms. The van der Waals surface area contributed by atoms with E-state index in [0.717, 1.165) is 12.2 Å². The average Bonchev–Trinajstić information content (AvgIpc) is 3.87. The minimum absolute atomic E-state index is 0.000939. The summed E-state index contributed by atoms with van der Waals surface area (Å²) in [4.78, 5) is 0. The lowest BCUT2D eigenvalue weighted by molar-refractivity contribution is 0.165. The molecule has 1 aliphatic heterocycles. The van der Waals surface area contributed by atoms with Crippen molar-refractivity contribution in [2.24, 2.45) is 0 Å². The molecule has 0 aliphatic carbocycles. The van der Waals surface area contributed by atoms with Crippen molar-refractivity contribution < 1.29 is 0 Å². The van der Waals surface area contributed by atoms with Crippen LogP contribution in [0.5, 0.6) is 0 Å². The third kappa shape index (κ3) is 4.94. The molecule has 0 saturated carbocycles. The molecule has 3 heterocycles. The maximum atomic E-state index is 3.87. The van der Waals surface area contributed by atoms with E-state index < -0.39 is 0 Å². The van der Waals surface area contributed by atoms with E-state index in [-0.39, 0.29) is 12.3 Å². The fourth-order valence-corrected chi connectivity index (χ4v) is 8.97. The fourth-order valence-electron chi connectivity index (χ4n) is 7.73. The number of thiophene rings is 1. The molecule has 1 saturated heterocycles. The first-order valence-corrected chi connectivity index (χ1v) is 18.0. The average molecular weight is 663 g/mol. The van der Waals surface area contributed by atoms with Crippen molar-refractivity contribution in [1.82, 2.24) is 20.3 Å². The Morgan fingerprint density at radius 3 is 2.08 bits per heavy atom. The van der Waals surface area contributed by atoms with Gasteiger partial charge in [-0.2, -0.15) is 0 Å². The Labute approximate surface area is 294 Å². The lowest BCUT2D eigenvalue weighted by Gasteiger charge is -2.24. The number of hydrogen-bond acceptors (Lipinski definition) is 4. The van der Waals surface area contributed by atoms with Gasteiger partial charge in [0.15, 0.2) is 0 Å². The molecule has 7 aromatic carbocycles. The largest absolute Gasteiger partial charge is 0.309 e. The van der Waals surface area contributed by atoms with Crippen LogP contribution < -0.4 is 10.7 Å². The smallest absolute Gasteiger partial charge is 0.101 e. The lowest BCUT2D eigenvalue weighted by Crippen LogP contribution is -2.33. The highest BCUT2D eigenvalue weighted by Crippen LogP contribution is 2.42. The molecule has 0 bridgehead atoms. The van der Waals surface area contributed by atoms with Gasteiger partial charge >= 0.3 is 0 Å². The van der Waals surface area contributed by atoms with Crippen LogP contribution in [0.25, 0.3) is 58.8 Å². The molecule has 50 heavy (non-hydrogen) atoms. The summed E-state index contributed by atoms with van der Waals surface area (Å²) in [6.07, 6.45) is 0.0201. The summed E-state index contributed by atoms with van der Waals surface area (Å²) in [5.41, 5.74) is 13.6. The van der Waals surface area contributed by atoms with Gasteiger partial charge in [-0.15, -0.1) is 11.3 Å². The van der Waals surface area contributed by atoms with Gasteiger partial charge < -0.3 is 4.57 Å². The van der Waals surface area contributed by atoms with Crippen molar-refractivity contribution in [1.29, 1.82) is 0 Å². The van der Waals surface area contributed by atoms with Gasteiger partial charge in [0.25, 0.3) is 0 Å². The lowest BCUT2D eigenvalue weighted by atomic mass is 10.0. The summed E-state index contributed by atoms with van der Waals surface area (Å²) in [6.45, 7) is 0.784. The molecular weight excluding hydrogens is 629 g/mol. The number of hydrogen-bond donors (Lipinski definition) is 2. The molecule has 1 fully saturated rings. The monoisotopic (exact) mass is 662 g/mol. The topological polar surface area (TPSA) is 32.2 Å². The Kier molecular flexibility index (Phi) is 7.10. The van der Waals surface area contributed by atoms with Gasteiger partial charge in [0.1, 0.15) is 6.17 Å². The SMILES string of the molecule is c1ccc(CN2NC(c3ccccc3)NC2c2ccc(-n3c4ccccc4c4ccc(-c5cccc6c5sc5ccccc56)cc43)cc2)cc1. The van der Waals surface area contributed by atoms with Gasteiger partial charge in [-0.25, -0.2) is 10.4 Å². The zero-order valence-corrected chi connectivity index (χ0v) is 28.1. The molecule has 1 aliphatic rings. The molecule has 0 radical (unpaired) electrons. The van der Waals surface area contributed by atoms with Crippen molar-refractivity contribution in [3.63, 3.8) is 0 Å². The van der Waals surface area contributed by atoms with E-state index in [1.807, 2.05) is 11.3 Å². The Hall–Kier alpha value is -5.56. The van der Waals surface area contributed by atoms with E-state index in [1.54, 1.807) is 0 Å². The summed E-state index contributed by atoms with van der Waals surface area (Å²) >= 11 is 1.89. The Balaban J connectivity index is 1.06. The molecule has 2 unspecified atom stereocenters. The van der Waals surface area contributed by atoms with Crippen LogP contribution in [-0.2, 0) is 6.54 Å². The minimum atomic E-state index is 0.000939. The molecule has 4 nitrogen and oxygen atoms in total. The summed E-state index contributed by atoms with van der Waals surface area (Å²) in [7, 11) is 0. The first kappa shape index (κ1) is 29.4. The summed E-state index contributed by atoms with van der Waals surface area (Å²) in [6, 6.07) is 61.6. The molecule has 0 spiro atoms. The van der Waals surface area contributed by atoms with Gasteiger partial charge in [0, 0.05) is 43.2 Å². The quantitative estimate of drug-likeness (QED) is 0.186. The highest BCUT2D eigenvalue weighted by atomic mass is 32.1. The van der Waals surface area contributed by atoms with Crippen LogP contribution >= 0.6 is 11.3 Å². The van der Waals surface area contributed by atoms with Crippen LogP contribution in [-0.4, -0.2) is 9.58 Å². The van der Waals surface area contributed by atoms with E-state index in [0.29, 0.717) is 0 Å². The van der Waals surface area contributed by atoms with E-state index in [2.05, 4.69) is 190 Å². The van der Waals surface area contributed by atoms with Crippen LogP contribution in [0.2, 0.25) is 0 Å². The van der Waals surface area contributed by atoms with Crippen molar-refractivity contribution in [2.45, 2.75) is 18.9 Å². The first-order chi connectivity index (χ1) is 24.8. The molecule has 2 atom stereocenters. The number of aromatic nitrogens is 1. The molecule has 2 N–H and O–H groups in total. The number of nitrogens with zero attached hydrogens (tertiary/aromatic N) is 2. The summed E-state index contributed by atoms with van der Waals surface area (Å²) < 4.78 is 5.10. The predicted octanol–water partition coefficient (Wildman–Crippen LogP) is 11.1. The van der Waals surface area contributed by atoms with Crippen molar-refractivity contribution in [3.8, 4) is 16.8 Å².